The first kappa shape index (κ1) is 8.81. The standard InChI is InChI=1S/C11H12N2O/c1-13-10(6-7-12-13)8-9-4-2-3-5-11(9)14/h2-7,14H,8H2,1H3. The summed E-state index contributed by atoms with van der Waals surface area (Å²) in [5, 5.41) is 13.6. The number of aromatic nitrogens is 2. The molecule has 3 heteroatoms. The third kappa shape index (κ3) is 1.62. The van der Waals surface area contributed by atoms with Gasteiger partial charge in [-0.3, -0.25) is 4.68 Å². The van der Waals surface area contributed by atoms with Crippen molar-refractivity contribution in [2.45, 2.75) is 6.42 Å². The summed E-state index contributed by atoms with van der Waals surface area (Å²) in [6.45, 7) is 0. The van der Waals surface area contributed by atoms with Gasteiger partial charge in [-0.15, -0.1) is 0 Å². The van der Waals surface area contributed by atoms with E-state index in [4.69, 9.17) is 0 Å². The van der Waals surface area contributed by atoms with Crippen LogP contribution in [0.2, 0.25) is 0 Å². The highest BCUT2D eigenvalue weighted by molar-refractivity contribution is 5.34. The molecule has 3 nitrogen and oxygen atoms in total. The number of aryl methyl sites for hydroxylation is 1. The van der Waals surface area contributed by atoms with Crippen LogP contribution in [0.3, 0.4) is 0 Å². The van der Waals surface area contributed by atoms with Gasteiger partial charge < -0.3 is 5.11 Å². The van der Waals surface area contributed by atoms with E-state index in [1.54, 1.807) is 12.3 Å². The normalized spacial score (nSPS) is 10.4. The lowest BCUT2D eigenvalue weighted by atomic mass is 10.1. The first-order valence-corrected chi connectivity index (χ1v) is 4.51. The molecule has 0 aliphatic heterocycles. The minimum absolute atomic E-state index is 0.341. The van der Waals surface area contributed by atoms with Gasteiger partial charge in [0.15, 0.2) is 0 Å². The average molecular weight is 188 g/mol. The van der Waals surface area contributed by atoms with Gasteiger partial charge in [0.25, 0.3) is 0 Å². The fourth-order valence-corrected chi connectivity index (χ4v) is 1.43. The number of rotatable bonds is 2. The smallest absolute Gasteiger partial charge is 0.119 e. The van der Waals surface area contributed by atoms with Crippen LogP contribution < -0.4 is 0 Å². The molecule has 1 N–H and O–H groups in total. The number of benzene rings is 1. The van der Waals surface area contributed by atoms with Crippen LogP contribution in [0.15, 0.2) is 36.5 Å². The number of hydrogen-bond donors (Lipinski definition) is 1. The van der Waals surface area contributed by atoms with Crippen molar-refractivity contribution in [3.63, 3.8) is 0 Å². The van der Waals surface area contributed by atoms with Crippen molar-refractivity contribution in [3.8, 4) is 5.75 Å². The monoisotopic (exact) mass is 188 g/mol. The molecule has 1 heterocycles. The Hall–Kier alpha value is -1.77. The lowest BCUT2D eigenvalue weighted by Crippen LogP contribution is -1.98. The summed E-state index contributed by atoms with van der Waals surface area (Å²) in [5.41, 5.74) is 2.02. The van der Waals surface area contributed by atoms with Gasteiger partial charge in [0.05, 0.1) is 0 Å². The molecule has 0 atom stereocenters. The molecule has 1 aromatic carbocycles. The van der Waals surface area contributed by atoms with E-state index < -0.39 is 0 Å². The van der Waals surface area contributed by atoms with Gasteiger partial charge in [0.2, 0.25) is 0 Å². The first-order valence-electron chi connectivity index (χ1n) is 4.51. The van der Waals surface area contributed by atoms with Gasteiger partial charge in [-0.25, -0.2) is 0 Å². The summed E-state index contributed by atoms with van der Waals surface area (Å²) in [7, 11) is 1.90. The SMILES string of the molecule is Cn1nccc1Cc1ccccc1O. The number of para-hydroxylation sites is 1. The second-order valence-corrected chi connectivity index (χ2v) is 3.25. The largest absolute Gasteiger partial charge is 0.508 e. The maximum Gasteiger partial charge on any atom is 0.119 e. The van der Waals surface area contributed by atoms with E-state index in [-0.39, 0.29) is 0 Å². The molecule has 0 amide bonds. The lowest BCUT2D eigenvalue weighted by Gasteiger charge is -2.04. The maximum atomic E-state index is 9.57. The van der Waals surface area contributed by atoms with Crippen molar-refractivity contribution < 1.29 is 5.11 Å². The predicted octanol–water partition coefficient (Wildman–Crippen LogP) is 1.72. The minimum atomic E-state index is 0.341. The number of phenols is 1. The number of nitrogens with zero attached hydrogens (tertiary/aromatic N) is 2. The first-order chi connectivity index (χ1) is 6.77. The summed E-state index contributed by atoms with van der Waals surface area (Å²) < 4.78 is 1.81. The predicted molar refractivity (Wildman–Crippen MR) is 54.1 cm³/mol. The Morgan fingerprint density at radius 1 is 1.29 bits per heavy atom. The van der Waals surface area contributed by atoms with E-state index in [2.05, 4.69) is 5.10 Å². The Labute approximate surface area is 82.6 Å². The van der Waals surface area contributed by atoms with E-state index in [0.717, 1.165) is 11.3 Å². The van der Waals surface area contributed by atoms with Crippen molar-refractivity contribution >= 4 is 0 Å². The molecule has 72 valence electrons. The molecule has 0 fully saturated rings. The van der Waals surface area contributed by atoms with E-state index in [0.29, 0.717) is 12.2 Å². The molecule has 14 heavy (non-hydrogen) atoms. The van der Waals surface area contributed by atoms with Crippen LogP contribution in [0.4, 0.5) is 0 Å². The molecule has 0 aliphatic carbocycles. The fraction of sp³-hybridized carbons (Fsp3) is 0.182. The molecule has 2 rings (SSSR count). The Morgan fingerprint density at radius 3 is 2.71 bits per heavy atom. The van der Waals surface area contributed by atoms with Crippen LogP contribution in [-0.4, -0.2) is 14.9 Å². The van der Waals surface area contributed by atoms with Crippen LogP contribution in [-0.2, 0) is 13.5 Å². The topological polar surface area (TPSA) is 38.0 Å². The summed E-state index contributed by atoms with van der Waals surface area (Å²) in [6, 6.07) is 9.31. The summed E-state index contributed by atoms with van der Waals surface area (Å²) in [6.07, 6.45) is 2.47. The van der Waals surface area contributed by atoms with E-state index in [1.165, 1.54) is 0 Å². The third-order valence-electron chi connectivity index (χ3n) is 2.29. The molecule has 0 unspecified atom stereocenters. The van der Waals surface area contributed by atoms with E-state index in [1.807, 2.05) is 36.0 Å². The minimum Gasteiger partial charge on any atom is -0.508 e. The van der Waals surface area contributed by atoms with Crippen molar-refractivity contribution in [1.29, 1.82) is 0 Å². The van der Waals surface area contributed by atoms with Gasteiger partial charge in [-0.05, 0) is 17.7 Å². The molecule has 1 aromatic heterocycles. The molecule has 0 spiro atoms. The van der Waals surface area contributed by atoms with Crippen LogP contribution in [0.1, 0.15) is 11.3 Å². The second-order valence-electron chi connectivity index (χ2n) is 3.25. The quantitative estimate of drug-likeness (QED) is 0.779. The summed E-state index contributed by atoms with van der Waals surface area (Å²) in [5.74, 6) is 0.341. The number of hydrogen-bond acceptors (Lipinski definition) is 2. The van der Waals surface area contributed by atoms with E-state index in [9.17, 15) is 5.11 Å². The Morgan fingerprint density at radius 2 is 2.07 bits per heavy atom. The molecular formula is C11H12N2O. The van der Waals surface area contributed by atoms with Crippen LogP contribution >= 0.6 is 0 Å². The summed E-state index contributed by atoms with van der Waals surface area (Å²) in [4.78, 5) is 0. The Kier molecular flexibility index (Phi) is 2.23. The van der Waals surface area contributed by atoms with Gasteiger partial charge in [0, 0.05) is 25.4 Å². The molecular weight excluding hydrogens is 176 g/mol. The van der Waals surface area contributed by atoms with Crippen molar-refractivity contribution in [2.24, 2.45) is 7.05 Å². The molecule has 0 radical (unpaired) electrons. The van der Waals surface area contributed by atoms with Crippen molar-refractivity contribution in [1.82, 2.24) is 9.78 Å². The van der Waals surface area contributed by atoms with Crippen molar-refractivity contribution in [3.05, 3.63) is 47.8 Å². The lowest BCUT2D eigenvalue weighted by molar-refractivity contribution is 0.469. The zero-order valence-electron chi connectivity index (χ0n) is 8.01. The third-order valence-corrected chi connectivity index (χ3v) is 2.29. The zero-order valence-corrected chi connectivity index (χ0v) is 8.01. The highest BCUT2D eigenvalue weighted by atomic mass is 16.3. The second kappa shape index (κ2) is 3.54. The molecule has 0 aliphatic rings. The molecule has 2 aromatic rings. The fourth-order valence-electron chi connectivity index (χ4n) is 1.43. The zero-order chi connectivity index (χ0) is 9.97. The summed E-state index contributed by atoms with van der Waals surface area (Å²) >= 11 is 0. The van der Waals surface area contributed by atoms with Gasteiger partial charge in [-0.1, -0.05) is 18.2 Å². The van der Waals surface area contributed by atoms with Crippen LogP contribution in [0.5, 0.6) is 5.75 Å². The van der Waals surface area contributed by atoms with Crippen LogP contribution in [0, 0.1) is 0 Å². The van der Waals surface area contributed by atoms with Crippen LogP contribution in [0.25, 0.3) is 0 Å². The van der Waals surface area contributed by atoms with Crippen molar-refractivity contribution in [2.75, 3.05) is 0 Å². The molecule has 0 saturated carbocycles. The molecule has 0 bridgehead atoms. The highest BCUT2D eigenvalue weighted by Crippen LogP contribution is 2.18. The Balaban J connectivity index is 2.28. The average Bonchev–Trinajstić information content (AvgIpc) is 2.56. The maximum absolute atomic E-state index is 9.57. The van der Waals surface area contributed by atoms with Gasteiger partial charge in [0.1, 0.15) is 5.75 Å². The molecule has 0 saturated heterocycles. The number of phenolic OH excluding ortho intramolecular Hbond substituents is 1. The van der Waals surface area contributed by atoms with Gasteiger partial charge in [-0.2, -0.15) is 5.10 Å². The number of aromatic hydroxyl groups is 1. The van der Waals surface area contributed by atoms with E-state index >= 15 is 0 Å². The highest BCUT2D eigenvalue weighted by Gasteiger charge is 2.03. The Bertz CT molecular complexity index is 434. The van der Waals surface area contributed by atoms with Gasteiger partial charge >= 0.3 is 0 Å².